The van der Waals surface area contributed by atoms with Gasteiger partial charge in [0.25, 0.3) is 0 Å². The van der Waals surface area contributed by atoms with Crippen molar-refractivity contribution < 1.29 is 35.0 Å². The second-order valence-corrected chi connectivity index (χ2v) is 0.694. The molecule has 0 amide bonds. The highest BCUT2D eigenvalue weighted by Crippen LogP contribution is 1.92. The summed E-state index contributed by atoms with van der Waals surface area (Å²) in [6.45, 7) is -0.274. The summed E-state index contributed by atoms with van der Waals surface area (Å²) in [7, 11) is 0. The van der Waals surface area contributed by atoms with E-state index in [2.05, 4.69) is 35.0 Å². The van der Waals surface area contributed by atoms with Crippen LogP contribution < -0.4 is 0 Å². The minimum absolute atomic E-state index is 0.274. The molecule has 1 heterocycles. The lowest BCUT2D eigenvalue weighted by Crippen LogP contribution is -2.09. The van der Waals surface area contributed by atoms with Crippen LogP contribution in [0.5, 0.6) is 0 Å². The Morgan fingerprint density at radius 2 is 1.12 bits per heavy atom. The predicted octanol–water partition coefficient (Wildman–Crippen LogP) is -0.436. The fourth-order valence-electron chi connectivity index (χ4n) is 0.132. The summed E-state index contributed by atoms with van der Waals surface area (Å²) in [6, 6.07) is 0. The van der Waals surface area contributed by atoms with Gasteiger partial charge < -0.3 is 0 Å². The highest BCUT2D eigenvalue weighted by Gasteiger charge is 1.99. The second kappa shape index (κ2) is 3.69. The minimum atomic E-state index is -0.274. The molecule has 0 saturated carbocycles. The van der Waals surface area contributed by atoms with Crippen LogP contribution in [0.4, 0.5) is 0 Å². The summed E-state index contributed by atoms with van der Waals surface area (Å²) in [4.78, 5) is 8.00. The predicted molar refractivity (Wildman–Crippen MR) is 12.5 cm³/mol. The molecule has 0 aromatic heterocycles. The second-order valence-electron chi connectivity index (χ2n) is 0.694. The van der Waals surface area contributed by atoms with E-state index in [1.54, 1.807) is 0 Å². The Balaban J connectivity index is 2.00. The Morgan fingerprint density at radius 1 is 0.625 bits per heavy atom. The van der Waals surface area contributed by atoms with Gasteiger partial charge in [-0.15, -0.1) is 0 Å². The normalized spacial score (nSPS) is 24.0. The van der Waals surface area contributed by atoms with Gasteiger partial charge in [0.2, 0.25) is 6.79 Å². The maximum Gasteiger partial charge on any atom is 0.221 e. The van der Waals surface area contributed by atoms with E-state index in [1.807, 2.05) is 0 Å². The molecule has 1 aliphatic rings. The van der Waals surface area contributed by atoms with Crippen LogP contribution >= 0.6 is 0 Å². The van der Waals surface area contributed by atoms with E-state index in [-0.39, 0.29) is 6.79 Å². The molecule has 0 unspecified atom stereocenters. The van der Waals surface area contributed by atoms with E-state index in [9.17, 15) is 0 Å². The summed E-state index contributed by atoms with van der Waals surface area (Å²) in [5.74, 6) is 0. The van der Waals surface area contributed by atoms with Crippen molar-refractivity contribution in [1.29, 1.82) is 0 Å². The SMILES string of the molecule is C1OOOOOOO1. The summed E-state index contributed by atoms with van der Waals surface area (Å²) in [5, 5.41) is 18.3. The van der Waals surface area contributed by atoms with E-state index in [0.29, 0.717) is 0 Å². The zero-order valence-corrected chi connectivity index (χ0v) is 3.56. The highest BCUT2D eigenvalue weighted by atomic mass is 17.9. The van der Waals surface area contributed by atoms with Crippen molar-refractivity contribution >= 4 is 0 Å². The third-order valence-corrected chi connectivity index (χ3v) is 0.304. The van der Waals surface area contributed by atoms with Gasteiger partial charge in [-0.2, -0.15) is 9.78 Å². The van der Waals surface area contributed by atoms with Crippen molar-refractivity contribution in [3.63, 3.8) is 0 Å². The van der Waals surface area contributed by atoms with Crippen LogP contribution in [0.25, 0.3) is 0 Å². The third kappa shape index (κ3) is 2.14. The van der Waals surface area contributed by atoms with Crippen LogP contribution in [0.1, 0.15) is 0 Å². The van der Waals surface area contributed by atoms with Gasteiger partial charge in [0.15, 0.2) is 0 Å². The first-order valence-electron chi connectivity index (χ1n) is 1.58. The van der Waals surface area contributed by atoms with Gasteiger partial charge in [-0.3, -0.25) is 0 Å². The molecule has 0 aromatic rings. The van der Waals surface area contributed by atoms with Gasteiger partial charge in [-0.05, 0) is 25.2 Å². The molecule has 0 aromatic carbocycles. The topological polar surface area (TPSA) is 64.6 Å². The molecule has 1 aliphatic heterocycles. The number of hydrogen-bond acceptors (Lipinski definition) is 7. The van der Waals surface area contributed by atoms with E-state index < -0.39 is 0 Å². The van der Waals surface area contributed by atoms with Crippen LogP contribution in [0.2, 0.25) is 0 Å². The van der Waals surface area contributed by atoms with Crippen molar-refractivity contribution in [3.8, 4) is 0 Å². The molecule has 7 heteroatoms. The number of rotatable bonds is 0. The Kier molecular flexibility index (Phi) is 2.70. The fraction of sp³-hybridized carbons (Fsp3) is 1.00. The molecule has 1 rings (SSSR count). The molecule has 0 radical (unpaired) electrons. The van der Waals surface area contributed by atoms with Crippen molar-refractivity contribution in [3.05, 3.63) is 0 Å². The lowest BCUT2D eigenvalue weighted by Gasteiger charge is -2.03. The van der Waals surface area contributed by atoms with Crippen molar-refractivity contribution in [2.45, 2.75) is 0 Å². The maximum atomic E-state index is 4.00. The summed E-state index contributed by atoms with van der Waals surface area (Å²) in [6.07, 6.45) is 0. The molecule has 0 bridgehead atoms. The minimum Gasteiger partial charge on any atom is -0.172 e. The van der Waals surface area contributed by atoms with Crippen LogP contribution in [0.15, 0.2) is 0 Å². The molecular weight excluding hydrogens is 124 g/mol. The Labute approximate surface area is 43.1 Å². The Hall–Kier alpha value is -0.280. The lowest BCUT2D eigenvalue weighted by atomic mass is 11.5. The standard InChI is InChI=1S/CH2O7/c1-2-4-6-8-7-5-3-1/h1H2. The summed E-state index contributed by atoms with van der Waals surface area (Å²) in [5.41, 5.74) is 0. The van der Waals surface area contributed by atoms with E-state index in [0.717, 1.165) is 0 Å². The maximum absolute atomic E-state index is 4.00. The fourth-order valence-corrected chi connectivity index (χ4v) is 0.132. The Bertz CT molecular complexity index is 28.3. The summed E-state index contributed by atoms with van der Waals surface area (Å²) >= 11 is 0. The lowest BCUT2D eigenvalue weighted by molar-refractivity contribution is -0.821. The summed E-state index contributed by atoms with van der Waals surface area (Å²) < 4.78 is 0. The van der Waals surface area contributed by atoms with Crippen molar-refractivity contribution in [2.24, 2.45) is 0 Å². The Morgan fingerprint density at radius 3 is 1.75 bits per heavy atom. The average Bonchev–Trinajstić information content (AvgIpc) is 1.62. The number of hydrogen-bond donors (Lipinski definition) is 0. The van der Waals surface area contributed by atoms with Gasteiger partial charge in [-0.25, -0.2) is 0 Å². The molecule has 0 spiro atoms. The van der Waals surface area contributed by atoms with Gasteiger partial charge >= 0.3 is 0 Å². The first-order valence-corrected chi connectivity index (χ1v) is 1.58. The van der Waals surface area contributed by atoms with Crippen LogP contribution in [-0.4, -0.2) is 6.79 Å². The smallest absolute Gasteiger partial charge is 0.172 e. The van der Waals surface area contributed by atoms with Gasteiger partial charge in [0.05, 0.1) is 0 Å². The molecule has 8 heavy (non-hydrogen) atoms. The quantitative estimate of drug-likeness (QED) is 0.407. The third-order valence-electron chi connectivity index (χ3n) is 0.304. The zero-order chi connectivity index (χ0) is 5.66. The molecule has 1 saturated heterocycles. The van der Waals surface area contributed by atoms with Gasteiger partial charge in [0, 0.05) is 0 Å². The molecule has 0 atom stereocenters. The van der Waals surface area contributed by atoms with Crippen LogP contribution in [0, 0.1) is 0 Å². The van der Waals surface area contributed by atoms with E-state index in [1.165, 1.54) is 0 Å². The monoisotopic (exact) mass is 126 g/mol. The molecule has 7 nitrogen and oxygen atoms in total. The molecule has 48 valence electrons. The first kappa shape index (κ1) is 5.85. The van der Waals surface area contributed by atoms with Gasteiger partial charge in [0.1, 0.15) is 0 Å². The molecule has 1 fully saturated rings. The molecule has 0 aliphatic carbocycles. The average molecular weight is 126 g/mol. The molecular formula is CH2O7. The van der Waals surface area contributed by atoms with Crippen molar-refractivity contribution in [2.75, 3.05) is 6.79 Å². The van der Waals surface area contributed by atoms with Crippen LogP contribution in [0.3, 0.4) is 0 Å². The van der Waals surface area contributed by atoms with E-state index >= 15 is 0 Å². The van der Waals surface area contributed by atoms with Crippen molar-refractivity contribution in [1.82, 2.24) is 0 Å². The van der Waals surface area contributed by atoms with Gasteiger partial charge in [-0.1, -0.05) is 0 Å². The zero-order valence-electron chi connectivity index (χ0n) is 3.56. The molecule has 0 N–H and O–H groups in total. The van der Waals surface area contributed by atoms with E-state index in [4.69, 9.17) is 0 Å². The largest absolute Gasteiger partial charge is 0.221 e. The highest BCUT2D eigenvalue weighted by molar-refractivity contribution is 3.70. The van der Waals surface area contributed by atoms with Crippen LogP contribution in [-0.2, 0) is 35.0 Å². The first-order chi connectivity index (χ1) is 4.00.